The van der Waals surface area contributed by atoms with Gasteiger partial charge in [-0.2, -0.15) is 0 Å². The van der Waals surface area contributed by atoms with Crippen LogP contribution in [0, 0.1) is 0 Å². The summed E-state index contributed by atoms with van der Waals surface area (Å²) in [6.07, 6.45) is 1.83. The average molecular weight is 670 g/mol. The molecule has 2 heterocycles. The van der Waals surface area contributed by atoms with E-state index >= 15 is 0 Å². The molecule has 5 rings (SSSR count). The molecule has 0 radical (unpaired) electrons. The van der Waals surface area contributed by atoms with E-state index in [2.05, 4.69) is 21.3 Å². The zero-order chi connectivity index (χ0) is 34.6. The number of benzene rings is 3. The zero-order valence-electron chi connectivity index (χ0n) is 27.6. The molecule has 4 N–H and O–H groups in total. The first kappa shape index (κ1) is 34.9. The molecule has 258 valence electrons. The van der Waals surface area contributed by atoms with E-state index < -0.39 is 41.8 Å². The van der Waals surface area contributed by atoms with Gasteiger partial charge in [0.1, 0.15) is 29.6 Å². The molecule has 1 saturated heterocycles. The van der Waals surface area contributed by atoms with Gasteiger partial charge in [0.2, 0.25) is 23.6 Å². The molecule has 0 unspecified atom stereocenters. The molecule has 12 nitrogen and oxygen atoms in total. The van der Waals surface area contributed by atoms with Crippen molar-refractivity contribution in [2.24, 2.45) is 0 Å². The summed E-state index contributed by atoms with van der Waals surface area (Å²) in [5, 5.41) is 11.4. The zero-order valence-corrected chi connectivity index (χ0v) is 27.6. The van der Waals surface area contributed by atoms with E-state index in [4.69, 9.17) is 9.47 Å². The maximum absolute atomic E-state index is 13.8. The number of rotatable bonds is 7. The van der Waals surface area contributed by atoms with E-state index in [9.17, 15) is 24.0 Å². The SMILES string of the molecule is COc1cccc(CCNC(=O)[C@@H]2CC(=O)N3CCC[C@H]3C(=O)N[C@@H](Cc3ccccc3)C(=O)NCCCOc3ccccc3C(=O)N2)c1. The third kappa shape index (κ3) is 9.59. The number of hydrogen-bond donors (Lipinski definition) is 4. The highest BCUT2D eigenvalue weighted by molar-refractivity contribution is 6.01. The number of para-hydroxylation sites is 1. The summed E-state index contributed by atoms with van der Waals surface area (Å²) in [6, 6.07) is 20.6. The lowest BCUT2D eigenvalue weighted by atomic mass is 10.0. The van der Waals surface area contributed by atoms with Crippen molar-refractivity contribution < 1.29 is 33.4 Å². The van der Waals surface area contributed by atoms with E-state index in [0.717, 1.165) is 11.1 Å². The molecular weight excluding hydrogens is 626 g/mol. The lowest BCUT2D eigenvalue weighted by Crippen LogP contribution is -2.55. The second-order valence-electron chi connectivity index (χ2n) is 12.1. The van der Waals surface area contributed by atoms with E-state index in [-0.39, 0.29) is 44.0 Å². The van der Waals surface area contributed by atoms with Crippen molar-refractivity contribution in [3.8, 4) is 11.5 Å². The van der Waals surface area contributed by atoms with E-state index in [1.165, 1.54) is 4.90 Å². The van der Waals surface area contributed by atoms with E-state index in [0.29, 0.717) is 43.7 Å². The summed E-state index contributed by atoms with van der Waals surface area (Å²) in [4.78, 5) is 69.4. The van der Waals surface area contributed by atoms with Gasteiger partial charge < -0.3 is 35.6 Å². The molecule has 5 amide bonds. The summed E-state index contributed by atoms with van der Waals surface area (Å²) in [5.41, 5.74) is 2.02. The largest absolute Gasteiger partial charge is 0.497 e. The van der Waals surface area contributed by atoms with Crippen LogP contribution >= 0.6 is 0 Å². The molecule has 49 heavy (non-hydrogen) atoms. The van der Waals surface area contributed by atoms with Crippen LogP contribution in [0.15, 0.2) is 78.9 Å². The molecule has 2 aliphatic heterocycles. The molecule has 0 aliphatic carbocycles. The maximum Gasteiger partial charge on any atom is 0.255 e. The predicted molar refractivity (Wildman–Crippen MR) is 182 cm³/mol. The molecule has 3 aromatic carbocycles. The monoisotopic (exact) mass is 669 g/mol. The highest BCUT2D eigenvalue weighted by Gasteiger charge is 2.38. The number of carbonyl (C=O) groups excluding carboxylic acids is 5. The number of amides is 5. The fourth-order valence-electron chi connectivity index (χ4n) is 6.05. The van der Waals surface area contributed by atoms with Crippen LogP contribution in [0.5, 0.6) is 11.5 Å². The maximum atomic E-state index is 13.8. The van der Waals surface area contributed by atoms with Gasteiger partial charge in [0.05, 0.1) is 25.7 Å². The molecule has 0 saturated carbocycles. The van der Waals surface area contributed by atoms with Gasteiger partial charge >= 0.3 is 0 Å². The van der Waals surface area contributed by atoms with Crippen molar-refractivity contribution in [3.05, 3.63) is 95.6 Å². The summed E-state index contributed by atoms with van der Waals surface area (Å²) in [6.45, 7) is 1.04. The van der Waals surface area contributed by atoms with Gasteiger partial charge in [0.15, 0.2) is 0 Å². The van der Waals surface area contributed by atoms with Crippen LogP contribution in [0.25, 0.3) is 0 Å². The number of fused-ring (bicyclic) bond motifs is 2. The Kier molecular flexibility index (Phi) is 12.2. The van der Waals surface area contributed by atoms with E-state index in [1.807, 2.05) is 54.6 Å². The number of nitrogens with one attached hydrogen (secondary N) is 4. The van der Waals surface area contributed by atoms with Crippen molar-refractivity contribution in [2.45, 2.75) is 56.7 Å². The molecule has 3 aromatic rings. The summed E-state index contributed by atoms with van der Waals surface area (Å²) in [7, 11) is 1.58. The molecule has 3 atom stereocenters. The van der Waals surface area contributed by atoms with Crippen molar-refractivity contribution in [3.63, 3.8) is 0 Å². The number of nitrogens with zero attached hydrogens (tertiary/aromatic N) is 1. The van der Waals surface area contributed by atoms with Crippen LogP contribution in [-0.4, -0.2) is 85.9 Å². The fraction of sp³-hybridized carbons (Fsp3) is 0.378. The van der Waals surface area contributed by atoms with Crippen LogP contribution in [0.3, 0.4) is 0 Å². The first-order valence-electron chi connectivity index (χ1n) is 16.7. The third-order valence-electron chi connectivity index (χ3n) is 8.65. The van der Waals surface area contributed by atoms with Gasteiger partial charge in [0, 0.05) is 26.1 Å². The molecule has 12 heteroatoms. The standard InChI is InChI=1S/C37H43N5O7/c1-48-27-13-7-12-26(22-27)17-19-39-36(46)30-24-33(43)42-20-8-15-31(42)37(47)41-29(23-25-10-3-2-4-11-25)35(45)38-18-9-21-49-32-16-6-5-14-28(32)34(44)40-30/h2-7,10-14,16,22,29-31H,8-9,15,17-21,23-24H2,1H3,(H,38,45)(H,39,46)(H,40,44)(H,41,47)/t29-,30-,31-/m0/s1. The smallest absolute Gasteiger partial charge is 0.255 e. The first-order valence-corrected chi connectivity index (χ1v) is 16.7. The molecule has 1 fully saturated rings. The average Bonchev–Trinajstić information content (AvgIpc) is 3.62. The first-order chi connectivity index (χ1) is 23.8. The molecular formula is C37H43N5O7. The van der Waals surface area contributed by atoms with Gasteiger partial charge in [-0.25, -0.2) is 0 Å². The quantitative estimate of drug-likeness (QED) is 0.301. The Balaban J connectivity index is 1.37. The Labute approximate surface area is 285 Å². The lowest BCUT2D eigenvalue weighted by molar-refractivity contribution is -0.140. The molecule has 0 bridgehead atoms. The number of ether oxygens (including phenoxy) is 2. The second-order valence-corrected chi connectivity index (χ2v) is 12.1. The van der Waals surface area contributed by atoms with Gasteiger partial charge in [-0.15, -0.1) is 0 Å². The predicted octanol–water partition coefficient (Wildman–Crippen LogP) is 2.16. The van der Waals surface area contributed by atoms with Crippen LogP contribution in [0.1, 0.15) is 47.2 Å². The Morgan fingerprint density at radius 2 is 1.69 bits per heavy atom. The summed E-state index contributed by atoms with van der Waals surface area (Å²) in [5.74, 6) is -1.35. The number of methoxy groups -OCH3 is 1. The summed E-state index contributed by atoms with van der Waals surface area (Å²) < 4.78 is 11.2. The minimum absolute atomic E-state index is 0.198. The minimum atomic E-state index is -1.22. The van der Waals surface area contributed by atoms with E-state index in [1.54, 1.807) is 31.4 Å². The Morgan fingerprint density at radius 1 is 0.918 bits per heavy atom. The van der Waals surface area contributed by atoms with Crippen LogP contribution in [-0.2, 0) is 32.0 Å². The van der Waals surface area contributed by atoms with Gasteiger partial charge in [-0.05, 0) is 61.1 Å². The topological polar surface area (TPSA) is 155 Å². The lowest BCUT2D eigenvalue weighted by Gasteiger charge is -2.28. The van der Waals surface area contributed by atoms with Gasteiger partial charge in [-0.3, -0.25) is 24.0 Å². The number of hydrogen-bond acceptors (Lipinski definition) is 7. The van der Waals surface area contributed by atoms with Crippen LogP contribution < -0.4 is 30.7 Å². The Bertz CT molecular complexity index is 1630. The Hall–Kier alpha value is -5.39. The number of carbonyl (C=O) groups is 5. The van der Waals surface area contributed by atoms with Gasteiger partial charge in [0.25, 0.3) is 5.91 Å². The van der Waals surface area contributed by atoms with Gasteiger partial charge in [-0.1, -0.05) is 54.6 Å². The van der Waals surface area contributed by atoms with Crippen LogP contribution in [0.2, 0.25) is 0 Å². The fourth-order valence-corrected chi connectivity index (χ4v) is 6.05. The summed E-state index contributed by atoms with van der Waals surface area (Å²) >= 11 is 0. The molecule has 2 aliphatic rings. The van der Waals surface area contributed by atoms with Crippen LogP contribution in [0.4, 0.5) is 0 Å². The molecule has 0 aromatic heterocycles. The normalized spacial score (nSPS) is 20.7. The molecule has 0 spiro atoms. The highest BCUT2D eigenvalue weighted by atomic mass is 16.5. The third-order valence-corrected chi connectivity index (χ3v) is 8.65. The van der Waals surface area contributed by atoms with Crippen molar-refractivity contribution in [2.75, 3.05) is 33.4 Å². The minimum Gasteiger partial charge on any atom is -0.497 e. The second kappa shape index (κ2) is 17.1. The highest BCUT2D eigenvalue weighted by Crippen LogP contribution is 2.22. The van der Waals surface area contributed by atoms with Crippen molar-refractivity contribution in [1.29, 1.82) is 0 Å². The Morgan fingerprint density at radius 3 is 2.51 bits per heavy atom. The van der Waals surface area contributed by atoms with Crippen molar-refractivity contribution in [1.82, 2.24) is 26.2 Å². The van der Waals surface area contributed by atoms with Crippen molar-refractivity contribution >= 4 is 29.5 Å².